The zero-order chi connectivity index (χ0) is 24.7. The molecule has 1 aromatic carbocycles. The molecule has 0 amide bonds. The third-order valence-electron chi connectivity index (χ3n) is 5.70. The normalized spacial score (nSPS) is 13.7. The number of H-pyrrole nitrogens is 1. The number of rotatable bonds is 8. The minimum absolute atomic E-state index is 0.0444. The van der Waals surface area contributed by atoms with E-state index in [4.69, 9.17) is 0 Å². The van der Waals surface area contributed by atoms with Crippen LogP contribution in [0.25, 0.3) is 11.0 Å². The Hall–Kier alpha value is -3.93. The van der Waals surface area contributed by atoms with Crippen LogP contribution in [-0.2, 0) is 10.0 Å². The van der Waals surface area contributed by atoms with Gasteiger partial charge in [-0.1, -0.05) is 0 Å². The summed E-state index contributed by atoms with van der Waals surface area (Å²) in [4.78, 5) is 28.2. The molecule has 35 heavy (non-hydrogen) atoms. The Balaban J connectivity index is 1.53. The van der Waals surface area contributed by atoms with Gasteiger partial charge in [0.2, 0.25) is 5.78 Å². The lowest BCUT2D eigenvalue weighted by atomic mass is 10.0. The molecular weight excluding hydrogens is 478 g/mol. The van der Waals surface area contributed by atoms with Crippen molar-refractivity contribution in [2.75, 3.05) is 16.6 Å². The van der Waals surface area contributed by atoms with Gasteiger partial charge in [-0.3, -0.25) is 9.52 Å². The zero-order valence-electron chi connectivity index (χ0n) is 18.5. The number of aromatic amines is 1. The maximum Gasteiger partial charge on any atom is 0.279 e. The summed E-state index contributed by atoms with van der Waals surface area (Å²) in [6, 6.07) is 4.65. The predicted octanol–water partition coefficient (Wildman–Crippen LogP) is 3.79. The van der Waals surface area contributed by atoms with E-state index in [1.807, 2.05) is 0 Å². The monoisotopic (exact) mass is 498 g/mol. The smallest absolute Gasteiger partial charge is 0.279 e. The van der Waals surface area contributed by atoms with Crippen LogP contribution in [0.4, 0.5) is 20.3 Å². The van der Waals surface area contributed by atoms with Crippen molar-refractivity contribution in [1.29, 1.82) is 0 Å². The number of sulfonamides is 1. The zero-order valence-corrected chi connectivity index (χ0v) is 19.3. The van der Waals surface area contributed by atoms with Crippen molar-refractivity contribution in [1.82, 2.24) is 19.9 Å². The molecule has 1 aliphatic carbocycles. The molecule has 180 valence electrons. The third kappa shape index (κ3) is 4.44. The molecule has 1 aliphatic rings. The minimum atomic E-state index is -4.29. The molecule has 3 N–H and O–H groups in total. The molecule has 0 atom stereocenters. The molecule has 5 rings (SSSR count). The molecule has 3 heterocycles. The molecule has 0 radical (unpaired) electrons. The Morgan fingerprint density at radius 2 is 1.97 bits per heavy atom. The first-order chi connectivity index (χ1) is 16.7. The fourth-order valence-corrected chi connectivity index (χ4v) is 4.76. The van der Waals surface area contributed by atoms with E-state index >= 15 is 4.39 Å². The summed E-state index contributed by atoms with van der Waals surface area (Å²) in [7, 11) is -4.29. The first-order valence-corrected chi connectivity index (χ1v) is 12.3. The highest BCUT2D eigenvalue weighted by Gasteiger charge is 2.28. The lowest BCUT2D eigenvalue weighted by molar-refractivity contribution is 0.103. The van der Waals surface area contributed by atoms with Crippen molar-refractivity contribution < 1.29 is 22.0 Å². The number of hydrogen-bond acceptors (Lipinski definition) is 7. The van der Waals surface area contributed by atoms with Crippen molar-refractivity contribution in [3.8, 4) is 0 Å². The maximum absolute atomic E-state index is 15.4. The molecule has 9 nitrogen and oxygen atoms in total. The summed E-state index contributed by atoms with van der Waals surface area (Å²) in [5, 5.41) is 3.13. The van der Waals surface area contributed by atoms with Crippen LogP contribution in [0.3, 0.4) is 0 Å². The highest BCUT2D eigenvalue weighted by atomic mass is 32.2. The number of carbonyl (C=O) groups is 1. The molecule has 1 fully saturated rings. The second-order valence-electron chi connectivity index (χ2n) is 8.36. The van der Waals surface area contributed by atoms with Gasteiger partial charge in [-0.2, -0.15) is 8.42 Å². The number of pyridine rings is 1. The van der Waals surface area contributed by atoms with Crippen LogP contribution in [0.5, 0.6) is 0 Å². The summed E-state index contributed by atoms with van der Waals surface area (Å²) >= 11 is 0. The Morgan fingerprint density at radius 3 is 2.71 bits per heavy atom. The number of benzene rings is 1. The topological polar surface area (TPSA) is 130 Å². The van der Waals surface area contributed by atoms with Gasteiger partial charge in [0.25, 0.3) is 10.0 Å². The van der Waals surface area contributed by atoms with Crippen LogP contribution in [0, 0.1) is 24.5 Å². The molecule has 3 aromatic heterocycles. The second kappa shape index (κ2) is 8.69. The number of nitrogens with one attached hydrogen (secondary N) is 3. The number of ketones is 1. The molecule has 1 saturated carbocycles. The van der Waals surface area contributed by atoms with Crippen molar-refractivity contribution >= 4 is 38.3 Å². The number of fused-ring (bicyclic) bond motifs is 1. The van der Waals surface area contributed by atoms with Gasteiger partial charge in [-0.15, -0.1) is 0 Å². The summed E-state index contributed by atoms with van der Waals surface area (Å²) in [6.45, 7) is 2.33. The van der Waals surface area contributed by atoms with E-state index < -0.39 is 38.7 Å². The van der Waals surface area contributed by atoms with E-state index in [0.29, 0.717) is 34.9 Å². The van der Waals surface area contributed by atoms with Gasteiger partial charge in [0.15, 0.2) is 10.8 Å². The summed E-state index contributed by atoms with van der Waals surface area (Å²) in [5.41, 5.74) is -0.577. The highest BCUT2D eigenvalue weighted by Crippen LogP contribution is 2.32. The summed E-state index contributed by atoms with van der Waals surface area (Å²) in [6.07, 6.45) is 6.11. The standard InChI is InChI=1S/C23H20F2N6O3S/c1-12-6-7-26-17(8-12)35(33,34)31-16-5-4-15(24)19(20(16)25)21(32)14-10-28-23-18(14)22(29-11-30-23)27-9-13-2-3-13/h4-8,10-11,13,31H,2-3,9H2,1H3,(H2,27,28,29,30). The van der Waals surface area contributed by atoms with Crippen LogP contribution in [0.1, 0.15) is 34.3 Å². The van der Waals surface area contributed by atoms with Crippen LogP contribution in [0.2, 0.25) is 0 Å². The van der Waals surface area contributed by atoms with E-state index in [1.165, 1.54) is 24.8 Å². The largest absolute Gasteiger partial charge is 0.369 e. The van der Waals surface area contributed by atoms with Crippen LogP contribution >= 0.6 is 0 Å². The van der Waals surface area contributed by atoms with E-state index in [0.717, 1.165) is 25.0 Å². The summed E-state index contributed by atoms with van der Waals surface area (Å²) in [5.74, 6) is -2.58. The van der Waals surface area contributed by atoms with E-state index in [-0.39, 0.29) is 10.6 Å². The van der Waals surface area contributed by atoms with Crippen LogP contribution in [-0.4, -0.2) is 40.7 Å². The number of halogens is 2. The molecule has 4 aromatic rings. The van der Waals surface area contributed by atoms with Gasteiger partial charge in [0.1, 0.15) is 23.6 Å². The van der Waals surface area contributed by atoms with Crippen molar-refractivity contribution in [2.45, 2.75) is 24.8 Å². The first-order valence-electron chi connectivity index (χ1n) is 10.8. The highest BCUT2D eigenvalue weighted by molar-refractivity contribution is 7.92. The number of anilines is 2. The van der Waals surface area contributed by atoms with Gasteiger partial charge >= 0.3 is 0 Å². The Labute approximate surface area is 199 Å². The second-order valence-corrected chi connectivity index (χ2v) is 9.99. The molecule has 0 unspecified atom stereocenters. The average Bonchev–Trinajstić information content (AvgIpc) is 3.55. The van der Waals surface area contributed by atoms with Crippen molar-refractivity contribution in [3.63, 3.8) is 0 Å². The minimum Gasteiger partial charge on any atom is -0.369 e. The Kier molecular flexibility index (Phi) is 5.67. The third-order valence-corrected chi connectivity index (χ3v) is 6.96. The summed E-state index contributed by atoms with van der Waals surface area (Å²) < 4.78 is 57.6. The molecule has 0 spiro atoms. The Bertz CT molecular complexity index is 1570. The number of hydrogen-bond donors (Lipinski definition) is 3. The number of aryl methyl sites for hydroxylation is 1. The molecule has 0 bridgehead atoms. The van der Waals surface area contributed by atoms with Gasteiger partial charge in [0, 0.05) is 18.9 Å². The molecule has 0 aliphatic heterocycles. The van der Waals surface area contributed by atoms with Gasteiger partial charge in [-0.25, -0.2) is 23.7 Å². The average molecular weight is 499 g/mol. The lowest BCUT2D eigenvalue weighted by Gasteiger charge is -2.12. The van der Waals surface area contributed by atoms with Gasteiger partial charge < -0.3 is 10.3 Å². The van der Waals surface area contributed by atoms with E-state index in [9.17, 15) is 17.6 Å². The lowest BCUT2D eigenvalue weighted by Crippen LogP contribution is -2.17. The van der Waals surface area contributed by atoms with E-state index in [1.54, 1.807) is 13.0 Å². The van der Waals surface area contributed by atoms with Crippen molar-refractivity contribution in [3.05, 3.63) is 71.3 Å². The van der Waals surface area contributed by atoms with Crippen LogP contribution in [0.15, 0.2) is 48.0 Å². The fourth-order valence-electron chi connectivity index (χ4n) is 3.67. The van der Waals surface area contributed by atoms with Crippen LogP contribution < -0.4 is 10.0 Å². The van der Waals surface area contributed by atoms with Crippen molar-refractivity contribution in [2.24, 2.45) is 5.92 Å². The quantitative estimate of drug-likeness (QED) is 0.315. The van der Waals surface area contributed by atoms with E-state index in [2.05, 4.69) is 30.0 Å². The number of carbonyl (C=O) groups excluding carboxylic acids is 1. The maximum atomic E-state index is 15.4. The molecule has 0 saturated heterocycles. The Morgan fingerprint density at radius 1 is 1.17 bits per heavy atom. The van der Waals surface area contributed by atoms with Gasteiger partial charge in [0.05, 0.1) is 22.2 Å². The predicted molar refractivity (Wildman–Crippen MR) is 125 cm³/mol. The fraction of sp³-hybridized carbons (Fsp3) is 0.217. The first kappa shape index (κ1) is 22.8. The van der Waals surface area contributed by atoms with Gasteiger partial charge in [-0.05, 0) is 55.5 Å². The number of aromatic nitrogens is 4. The molecule has 12 heteroatoms. The number of nitrogens with zero attached hydrogens (tertiary/aromatic N) is 3. The molecular formula is C23H20F2N6O3S. The SMILES string of the molecule is Cc1ccnc(S(=O)(=O)Nc2ccc(F)c(C(=O)c3c[nH]c4ncnc(NCC5CC5)c34)c2F)c1.